The molecule has 2 rings (SSSR count). The Balaban J connectivity index is 2.21. The Morgan fingerprint density at radius 2 is 1.82 bits per heavy atom. The average molecular weight is 167 g/mol. The molecule has 2 atom stereocenters. The normalized spacial score (nSPS) is 28.5. The largest absolute Gasteiger partial charge is 0.122 e. The maximum atomic E-state index is 5.93. The van der Waals surface area contributed by atoms with Crippen LogP contribution in [0.15, 0.2) is 24.3 Å². The molecule has 0 aliphatic heterocycles. The summed E-state index contributed by atoms with van der Waals surface area (Å²) >= 11 is 5.93. The van der Waals surface area contributed by atoms with Crippen LogP contribution in [-0.4, -0.2) is 5.38 Å². The second-order valence-electron chi connectivity index (χ2n) is 3.27. The second kappa shape index (κ2) is 2.53. The molecule has 1 heteroatoms. The van der Waals surface area contributed by atoms with Crippen molar-refractivity contribution in [2.24, 2.45) is 0 Å². The zero-order chi connectivity index (χ0) is 7.84. The summed E-state index contributed by atoms with van der Waals surface area (Å²) in [7, 11) is 0. The van der Waals surface area contributed by atoms with Gasteiger partial charge in [-0.1, -0.05) is 29.8 Å². The van der Waals surface area contributed by atoms with Gasteiger partial charge in [-0.05, 0) is 18.9 Å². The summed E-state index contributed by atoms with van der Waals surface area (Å²) in [5.74, 6) is 0.636. The van der Waals surface area contributed by atoms with E-state index >= 15 is 0 Å². The fourth-order valence-corrected chi connectivity index (χ4v) is 1.66. The quantitative estimate of drug-likeness (QED) is 0.563. The lowest BCUT2D eigenvalue weighted by Crippen LogP contribution is -1.81. The number of benzene rings is 1. The standard InChI is InChI=1S/C10H11Cl/c1-7-2-4-8(5-3-7)9-6-10(9)11/h2-5,9-10H,6H2,1H3/t9-,10+/m0/s1. The molecule has 58 valence electrons. The van der Waals surface area contributed by atoms with Gasteiger partial charge in [0, 0.05) is 11.3 Å². The summed E-state index contributed by atoms with van der Waals surface area (Å²) in [6.07, 6.45) is 1.16. The van der Waals surface area contributed by atoms with Crippen molar-refractivity contribution in [3.8, 4) is 0 Å². The van der Waals surface area contributed by atoms with E-state index in [-0.39, 0.29) is 0 Å². The maximum Gasteiger partial charge on any atom is 0.0411 e. The molecule has 0 aromatic heterocycles. The fraction of sp³-hybridized carbons (Fsp3) is 0.400. The summed E-state index contributed by atoms with van der Waals surface area (Å²) < 4.78 is 0. The molecule has 0 radical (unpaired) electrons. The number of rotatable bonds is 1. The molecule has 0 bridgehead atoms. The molecular formula is C10H11Cl. The van der Waals surface area contributed by atoms with Crippen LogP contribution >= 0.6 is 11.6 Å². The molecule has 0 heterocycles. The molecule has 1 saturated carbocycles. The number of halogens is 1. The summed E-state index contributed by atoms with van der Waals surface area (Å²) in [6.45, 7) is 2.11. The van der Waals surface area contributed by atoms with E-state index in [0.717, 1.165) is 6.42 Å². The Morgan fingerprint density at radius 3 is 2.27 bits per heavy atom. The van der Waals surface area contributed by atoms with Gasteiger partial charge < -0.3 is 0 Å². The minimum absolute atomic E-state index is 0.401. The highest BCUT2D eigenvalue weighted by Gasteiger charge is 2.36. The smallest absolute Gasteiger partial charge is 0.0411 e. The Morgan fingerprint density at radius 1 is 1.27 bits per heavy atom. The second-order valence-corrected chi connectivity index (χ2v) is 3.83. The molecule has 0 spiro atoms. The van der Waals surface area contributed by atoms with E-state index in [9.17, 15) is 0 Å². The maximum absolute atomic E-state index is 5.93. The molecule has 1 aliphatic carbocycles. The first kappa shape index (κ1) is 7.17. The van der Waals surface area contributed by atoms with Gasteiger partial charge in [-0.3, -0.25) is 0 Å². The van der Waals surface area contributed by atoms with Crippen molar-refractivity contribution in [2.45, 2.75) is 24.6 Å². The Bertz CT molecular complexity index is 250. The van der Waals surface area contributed by atoms with Crippen LogP contribution in [0.5, 0.6) is 0 Å². The monoisotopic (exact) mass is 166 g/mol. The molecule has 1 aromatic rings. The van der Waals surface area contributed by atoms with E-state index in [4.69, 9.17) is 11.6 Å². The number of alkyl halides is 1. The molecule has 1 fully saturated rings. The predicted molar refractivity (Wildman–Crippen MR) is 48.2 cm³/mol. The van der Waals surface area contributed by atoms with Crippen LogP contribution in [0.25, 0.3) is 0 Å². The third-order valence-corrected chi connectivity index (χ3v) is 2.70. The van der Waals surface area contributed by atoms with Crippen molar-refractivity contribution in [1.29, 1.82) is 0 Å². The van der Waals surface area contributed by atoms with Crippen LogP contribution in [0.2, 0.25) is 0 Å². The number of hydrogen-bond acceptors (Lipinski definition) is 0. The minimum Gasteiger partial charge on any atom is -0.122 e. The van der Waals surface area contributed by atoms with Crippen molar-refractivity contribution in [3.05, 3.63) is 35.4 Å². The summed E-state index contributed by atoms with van der Waals surface area (Å²) in [5, 5.41) is 0.401. The third-order valence-electron chi connectivity index (χ3n) is 2.22. The van der Waals surface area contributed by atoms with Crippen molar-refractivity contribution in [3.63, 3.8) is 0 Å². The average Bonchev–Trinajstić information content (AvgIpc) is 2.69. The minimum atomic E-state index is 0.401. The van der Waals surface area contributed by atoms with Gasteiger partial charge in [-0.2, -0.15) is 0 Å². The molecule has 1 aliphatic rings. The lowest BCUT2D eigenvalue weighted by molar-refractivity contribution is 1.13. The highest BCUT2D eigenvalue weighted by atomic mass is 35.5. The SMILES string of the molecule is Cc1ccc([C@@H]2C[C@H]2Cl)cc1. The molecule has 0 amide bonds. The van der Waals surface area contributed by atoms with E-state index in [1.165, 1.54) is 11.1 Å². The lowest BCUT2D eigenvalue weighted by Gasteiger charge is -1.97. The van der Waals surface area contributed by atoms with E-state index < -0.39 is 0 Å². The lowest BCUT2D eigenvalue weighted by atomic mass is 10.1. The highest BCUT2D eigenvalue weighted by molar-refractivity contribution is 6.23. The van der Waals surface area contributed by atoms with Crippen LogP contribution in [0.4, 0.5) is 0 Å². The molecule has 1 aromatic carbocycles. The Hall–Kier alpha value is -0.490. The van der Waals surface area contributed by atoms with Gasteiger partial charge >= 0.3 is 0 Å². The first-order chi connectivity index (χ1) is 5.27. The van der Waals surface area contributed by atoms with E-state index in [1.54, 1.807) is 0 Å². The Kier molecular flexibility index (Phi) is 1.65. The van der Waals surface area contributed by atoms with E-state index in [2.05, 4.69) is 31.2 Å². The van der Waals surface area contributed by atoms with Gasteiger partial charge in [-0.15, -0.1) is 11.6 Å². The van der Waals surface area contributed by atoms with Gasteiger partial charge in [0.2, 0.25) is 0 Å². The van der Waals surface area contributed by atoms with Gasteiger partial charge in [0.05, 0.1) is 0 Å². The highest BCUT2D eigenvalue weighted by Crippen LogP contribution is 2.44. The van der Waals surface area contributed by atoms with Crippen LogP contribution in [0.1, 0.15) is 23.5 Å². The first-order valence-electron chi connectivity index (χ1n) is 3.98. The molecular weight excluding hydrogens is 156 g/mol. The van der Waals surface area contributed by atoms with E-state index in [0.29, 0.717) is 11.3 Å². The summed E-state index contributed by atoms with van der Waals surface area (Å²) in [6, 6.07) is 8.67. The van der Waals surface area contributed by atoms with Crippen LogP contribution in [0, 0.1) is 6.92 Å². The zero-order valence-corrected chi connectivity index (χ0v) is 7.31. The first-order valence-corrected chi connectivity index (χ1v) is 4.41. The summed E-state index contributed by atoms with van der Waals surface area (Å²) in [4.78, 5) is 0. The van der Waals surface area contributed by atoms with Crippen LogP contribution < -0.4 is 0 Å². The van der Waals surface area contributed by atoms with E-state index in [1.807, 2.05) is 0 Å². The van der Waals surface area contributed by atoms with Crippen molar-refractivity contribution < 1.29 is 0 Å². The van der Waals surface area contributed by atoms with Gasteiger partial charge in [0.15, 0.2) is 0 Å². The zero-order valence-electron chi connectivity index (χ0n) is 6.55. The van der Waals surface area contributed by atoms with Crippen LogP contribution in [0.3, 0.4) is 0 Å². The van der Waals surface area contributed by atoms with Gasteiger partial charge in [0.1, 0.15) is 0 Å². The van der Waals surface area contributed by atoms with Crippen molar-refractivity contribution >= 4 is 11.6 Å². The van der Waals surface area contributed by atoms with Gasteiger partial charge in [-0.25, -0.2) is 0 Å². The van der Waals surface area contributed by atoms with Crippen LogP contribution in [-0.2, 0) is 0 Å². The molecule has 0 saturated heterocycles. The fourth-order valence-electron chi connectivity index (χ4n) is 1.32. The number of aryl methyl sites for hydroxylation is 1. The summed E-state index contributed by atoms with van der Waals surface area (Å²) in [5.41, 5.74) is 2.72. The molecule has 0 N–H and O–H groups in total. The Labute approximate surface area is 72.2 Å². The third kappa shape index (κ3) is 1.41. The molecule has 0 unspecified atom stereocenters. The van der Waals surface area contributed by atoms with Crippen molar-refractivity contribution in [2.75, 3.05) is 0 Å². The van der Waals surface area contributed by atoms with Gasteiger partial charge in [0.25, 0.3) is 0 Å². The van der Waals surface area contributed by atoms with Crippen molar-refractivity contribution in [1.82, 2.24) is 0 Å². The predicted octanol–water partition coefficient (Wildman–Crippen LogP) is 3.09. The number of hydrogen-bond donors (Lipinski definition) is 0. The topological polar surface area (TPSA) is 0 Å². The molecule has 0 nitrogen and oxygen atoms in total. The molecule has 11 heavy (non-hydrogen) atoms.